The fraction of sp³-hybridized carbons (Fsp3) is 0.286. The third-order valence-electron chi connectivity index (χ3n) is 6.01. The number of nitrogens with zero attached hydrogens (tertiary/aromatic N) is 2. The maximum atomic E-state index is 13.9. The van der Waals surface area contributed by atoms with E-state index in [0.717, 1.165) is 4.31 Å². The Morgan fingerprint density at radius 2 is 1.59 bits per heavy atom. The van der Waals surface area contributed by atoms with Gasteiger partial charge < -0.3 is 15.0 Å². The minimum absolute atomic E-state index is 0.00388. The summed E-state index contributed by atoms with van der Waals surface area (Å²) in [5.74, 6) is -0.866. The molecule has 8 nitrogen and oxygen atoms in total. The molecule has 39 heavy (non-hydrogen) atoms. The van der Waals surface area contributed by atoms with Crippen molar-refractivity contribution < 1.29 is 27.1 Å². The summed E-state index contributed by atoms with van der Waals surface area (Å²) in [6.07, 6.45) is 0.287. The standard InChI is InChI=1S/C28H31BrFN3O5S/c1-4-26(28(35)31-3)32(18-20-6-10-22(30)11-7-20)27(34)19-33(23-12-14-24(15-13-23)38-5-2)39(36,37)25-16-8-21(29)9-17-25/h6-17,26H,4-5,18-19H2,1-3H3,(H,31,35)/t26-/m1/s1. The Morgan fingerprint density at radius 1 is 0.974 bits per heavy atom. The SMILES string of the molecule is CCOc1ccc(N(CC(=O)N(Cc2ccc(F)cc2)[C@H](CC)C(=O)NC)S(=O)(=O)c2ccc(Br)cc2)cc1. The van der Waals surface area contributed by atoms with Gasteiger partial charge in [0.1, 0.15) is 24.2 Å². The number of halogens is 2. The zero-order valence-electron chi connectivity index (χ0n) is 21.9. The van der Waals surface area contributed by atoms with Gasteiger partial charge in [-0.25, -0.2) is 12.8 Å². The van der Waals surface area contributed by atoms with Crippen LogP contribution in [0.1, 0.15) is 25.8 Å². The lowest BCUT2D eigenvalue weighted by atomic mass is 10.1. The predicted molar refractivity (Wildman–Crippen MR) is 151 cm³/mol. The number of hydrogen-bond donors (Lipinski definition) is 1. The van der Waals surface area contributed by atoms with Crippen molar-refractivity contribution in [2.75, 3.05) is 24.5 Å². The molecule has 0 unspecified atom stereocenters. The van der Waals surface area contributed by atoms with Crippen molar-refractivity contribution in [1.29, 1.82) is 0 Å². The van der Waals surface area contributed by atoms with E-state index in [0.29, 0.717) is 22.4 Å². The smallest absolute Gasteiger partial charge is 0.264 e. The van der Waals surface area contributed by atoms with E-state index in [9.17, 15) is 22.4 Å². The molecule has 1 N–H and O–H groups in total. The molecular weight excluding hydrogens is 589 g/mol. The molecule has 0 fully saturated rings. The van der Waals surface area contributed by atoms with Crippen molar-refractivity contribution in [3.8, 4) is 5.75 Å². The quantitative estimate of drug-likeness (QED) is 0.316. The number of amides is 2. The van der Waals surface area contributed by atoms with Crippen LogP contribution in [0.25, 0.3) is 0 Å². The number of ether oxygens (including phenoxy) is 1. The van der Waals surface area contributed by atoms with E-state index < -0.39 is 40.2 Å². The monoisotopic (exact) mass is 619 g/mol. The molecule has 0 bridgehead atoms. The summed E-state index contributed by atoms with van der Waals surface area (Å²) in [6, 6.07) is 17.2. The van der Waals surface area contributed by atoms with Crippen LogP contribution in [-0.2, 0) is 26.2 Å². The second kappa shape index (κ2) is 13.6. The van der Waals surface area contributed by atoms with Crippen LogP contribution in [0.4, 0.5) is 10.1 Å². The average molecular weight is 621 g/mol. The first-order valence-electron chi connectivity index (χ1n) is 12.4. The van der Waals surface area contributed by atoms with Gasteiger partial charge in [-0.05, 0) is 79.6 Å². The molecule has 0 radical (unpaired) electrons. The first-order chi connectivity index (χ1) is 18.6. The predicted octanol–water partition coefficient (Wildman–Crippen LogP) is 4.74. The number of nitrogens with one attached hydrogen (secondary N) is 1. The number of likely N-dealkylation sites (N-methyl/N-ethyl adjacent to an activating group) is 1. The normalized spacial score (nSPS) is 11.9. The van der Waals surface area contributed by atoms with Crippen molar-refractivity contribution in [2.45, 2.75) is 37.8 Å². The molecule has 3 aromatic rings. The number of carbonyl (C=O) groups excluding carboxylic acids is 2. The highest BCUT2D eigenvalue weighted by Gasteiger charge is 2.33. The van der Waals surface area contributed by atoms with E-state index in [-0.39, 0.29) is 23.5 Å². The van der Waals surface area contributed by atoms with E-state index in [1.807, 2.05) is 6.92 Å². The van der Waals surface area contributed by atoms with Crippen LogP contribution in [0.15, 0.2) is 82.2 Å². The number of carbonyl (C=O) groups is 2. The lowest BCUT2D eigenvalue weighted by Crippen LogP contribution is -2.51. The van der Waals surface area contributed by atoms with Crippen LogP contribution in [0, 0.1) is 5.82 Å². The highest BCUT2D eigenvalue weighted by molar-refractivity contribution is 9.10. The highest BCUT2D eigenvalue weighted by Crippen LogP contribution is 2.27. The summed E-state index contributed by atoms with van der Waals surface area (Å²) in [4.78, 5) is 27.9. The van der Waals surface area contributed by atoms with Gasteiger partial charge in [-0.15, -0.1) is 0 Å². The van der Waals surface area contributed by atoms with E-state index >= 15 is 0 Å². The van der Waals surface area contributed by atoms with Gasteiger partial charge in [-0.2, -0.15) is 0 Å². The summed E-state index contributed by atoms with van der Waals surface area (Å²) in [5, 5.41) is 2.57. The van der Waals surface area contributed by atoms with E-state index in [1.165, 1.54) is 48.3 Å². The van der Waals surface area contributed by atoms with E-state index in [2.05, 4.69) is 21.2 Å². The summed E-state index contributed by atoms with van der Waals surface area (Å²) >= 11 is 3.31. The topological polar surface area (TPSA) is 96.0 Å². The van der Waals surface area contributed by atoms with Crippen LogP contribution in [0.2, 0.25) is 0 Å². The van der Waals surface area contributed by atoms with E-state index in [1.54, 1.807) is 43.3 Å². The lowest BCUT2D eigenvalue weighted by molar-refractivity contribution is -0.140. The van der Waals surface area contributed by atoms with Gasteiger partial charge in [-0.1, -0.05) is 35.0 Å². The molecule has 0 aliphatic carbocycles. The Hall–Kier alpha value is -3.44. The molecule has 3 aromatic carbocycles. The van der Waals surface area contributed by atoms with Crippen LogP contribution in [0.5, 0.6) is 5.75 Å². The third-order valence-corrected chi connectivity index (χ3v) is 8.33. The van der Waals surface area contributed by atoms with Crippen LogP contribution in [0.3, 0.4) is 0 Å². The molecule has 3 rings (SSSR count). The number of anilines is 1. The molecule has 0 aliphatic heterocycles. The van der Waals surface area contributed by atoms with Gasteiger partial charge >= 0.3 is 0 Å². The maximum Gasteiger partial charge on any atom is 0.264 e. The maximum absolute atomic E-state index is 13.9. The van der Waals surface area contributed by atoms with Crippen LogP contribution >= 0.6 is 15.9 Å². The molecule has 0 saturated carbocycles. The molecule has 0 aromatic heterocycles. The number of rotatable bonds is 12. The highest BCUT2D eigenvalue weighted by atomic mass is 79.9. The van der Waals surface area contributed by atoms with Gasteiger partial charge in [0.05, 0.1) is 17.2 Å². The number of benzene rings is 3. The lowest BCUT2D eigenvalue weighted by Gasteiger charge is -2.33. The molecule has 0 heterocycles. The number of sulfonamides is 1. The molecule has 208 valence electrons. The van der Waals surface area contributed by atoms with Crippen molar-refractivity contribution >= 4 is 43.5 Å². The second-order valence-corrected chi connectivity index (χ2v) is 11.4. The first-order valence-corrected chi connectivity index (χ1v) is 14.6. The Balaban J connectivity index is 2.05. The minimum atomic E-state index is -4.19. The fourth-order valence-corrected chi connectivity index (χ4v) is 5.69. The minimum Gasteiger partial charge on any atom is -0.494 e. The van der Waals surface area contributed by atoms with Crippen LogP contribution in [-0.4, -0.2) is 51.4 Å². The van der Waals surface area contributed by atoms with E-state index in [4.69, 9.17) is 4.74 Å². The molecule has 0 saturated heterocycles. The third kappa shape index (κ3) is 7.57. The summed E-state index contributed by atoms with van der Waals surface area (Å²) in [6.45, 7) is 3.45. The summed E-state index contributed by atoms with van der Waals surface area (Å²) in [7, 11) is -2.72. The van der Waals surface area contributed by atoms with Crippen molar-refractivity contribution in [2.24, 2.45) is 0 Å². The zero-order chi connectivity index (χ0) is 28.6. The number of hydrogen-bond acceptors (Lipinski definition) is 5. The van der Waals surface area contributed by atoms with Gasteiger partial charge in [0.25, 0.3) is 10.0 Å². The fourth-order valence-electron chi connectivity index (χ4n) is 4.01. The van der Waals surface area contributed by atoms with Gasteiger partial charge in [0, 0.05) is 18.1 Å². The first kappa shape index (κ1) is 30.1. The van der Waals surface area contributed by atoms with Crippen molar-refractivity contribution in [1.82, 2.24) is 10.2 Å². The molecule has 2 amide bonds. The molecular formula is C28H31BrFN3O5S. The second-order valence-electron chi connectivity index (χ2n) is 8.58. The molecule has 11 heteroatoms. The van der Waals surface area contributed by atoms with Gasteiger partial charge in [-0.3, -0.25) is 13.9 Å². The Bertz CT molecular complexity index is 1370. The summed E-state index contributed by atoms with van der Waals surface area (Å²) in [5.41, 5.74) is 0.847. The molecule has 1 atom stereocenters. The summed E-state index contributed by atoms with van der Waals surface area (Å²) < 4.78 is 48.4. The van der Waals surface area contributed by atoms with Crippen molar-refractivity contribution in [3.05, 3.63) is 88.6 Å². The molecule has 0 aliphatic rings. The zero-order valence-corrected chi connectivity index (χ0v) is 24.3. The molecule has 0 spiro atoms. The van der Waals surface area contributed by atoms with Crippen LogP contribution < -0.4 is 14.4 Å². The van der Waals surface area contributed by atoms with Crippen molar-refractivity contribution in [3.63, 3.8) is 0 Å². The largest absolute Gasteiger partial charge is 0.494 e. The average Bonchev–Trinajstić information content (AvgIpc) is 2.93. The Labute approximate surface area is 236 Å². The Kier molecular flexibility index (Phi) is 10.5. The van der Waals surface area contributed by atoms with Gasteiger partial charge in [0.2, 0.25) is 11.8 Å². The Morgan fingerprint density at radius 3 is 2.13 bits per heavy atom. The van der Waals surface area contributed by atoms with Gasteiger partial charge in [0.15, 0.2) is 0 Å².